The third-order valence-electron chi connectivity index (χ3n) is 7.41. The molecule has 1 amide bonds. The van der Waals surface area contributed by atoms with Gasteiger partial charge in [-0.1, -0.05) is 23.2 Å². The zero-order valence-electron chi connectivity index (χ0n) is 23.5. The minimum atomic E-state index is -0.606. The van der Waals surface area contributed by atoms with Crippen LogP contribution in [0.3, 0.4) is 0 Å². The number of β-amino-alcohol motifs (C(OH)–C–C–N with tert-alkyl or cyclic N) is 1. The maximum absolute atomic E-state index is 13.7. The van der Waals surface area contributed by atoms with Gasteiger partial charge in [0.25, 0.3) is 5.91 Å². The lowest BCUT2D eigenvalue weighted by molar-refractivity contribution is 0.0758. The molecule has 1 aliphatic heterocycles. The van der Waals surface area contributed by atoms with Gasteiger partial charge < -0.3 is 19.6 Å². The molecular weight excluding hydrogens is 563 g/mol. The number of ether oxygens (including phenoxy) is 1. The smallest absolute Gasteiger partial charge is 0.273 e. The Balaban J connectivity index is 1.39. The molecule has 0 spiro atoms. The van der Waals surface area contributed by atoms with Crippen molar-refractivity contribution in [3.63, 3.8) is 0 Å². The lowest BCUT2D eigenvalue weighted by atomic mass is 10.1. The monoisotopic (exact) mass is 596 g/mol. The molecule has 0 radical (unpaired) electrons. The Labute approximate surface area is 249 Å². The van der Waals surface area contributed by atoms with Crippen LogP contribution in [0.25, 0.3) is 22.3 Å². The zero-order valence-corrected chi connectivity index (χ0v) is 25.0. The normalized spacial score (nSPS) is 14.5. The first-order valence-electron chi connectivity index (χ1n) is 13.8. The van der Waals surface area contributed by atoms with Crippen molar-refractivity contribution in [2.75, 3.05) is 33.3 Å². The number of fused-ring (bicyclic) bond motifs is 1. The van der Waals surface area contributed by atoms with Crippen molar-refractivity contribution in [3.8, 4) is 17.1 Å². The second-order valence-corrected chi connectivity index (χ2v) is 11.3. The van der Waals surface area contributed by atoms with Crippen molar-refractivity contribution in [1.82, 2.24) is 29.5 Å². The molecule has 1 saturated heterocycles. The first-order valence-corrected chi connectivity index (χ1v) is 14.6. The Bertz CT molecular complexity index is 1550. The summed E-state index contributed by atoms with van der Waals surface area (Å²) >= 11 is 12.9. The van der Waals surface area contributed by atoms with Gasteiger partial charge in [0.05, 0.1) is 16.7 Å². The van der Waals surface area contributed by atoms with E-state index in [1.54, 1.807) is 54.5 Å². The summed E-state index contributed by atoms with van der Waals surface area (Å²) in [6.07, 6.45) is 3.52. The highest BCUT2D eigenvalue weighted by Crippen LogP contribution is 2.31. The Hall–Kier alpha value is -3.24. The molecule has 3 heterocycles. The van der Waals surface area contributed by atoms with E-state index < -0.39 is 6.10 Å². The van der Waals surface area contributed by atoms with Gasteiger partial charge in [-0.2, -0.15) is 5.10 Å². The van der Waals surface area contributed by atoms with E-state index in [9.17, 15) is 9.90 Å². The standard InChI is InChI=1S/C30H34Cl2N6O3/c1-4-38-19(2)21(15-33-38)16-36(3)30(40)28-24-14-22(31)8-9-26(24)34-29(35-28)20-7-10-27(25(32)13-20)41-18-23(39)17-37-11-5-6-12-37/h7-10,13-15,23,39H,4-6,11-12,16-18H2,1-3H3. The molecule has 41 heavy (non-hydrogen) atoms. The van der Waals surface area contributed by atoms with E-state index in [1.807, 2.05) is 18.5 Å². The molecule has 0 saturated carbocycles. The van der Waals surface area contributed by atoms with Crippen molar-refractivity contribution < 1.29 is 14.6 Å². The quantitative estimate of drug-likeness (QED) is 0.267. The number of nitrogens with zero attached hydrogens (tertiary/aromatic N) is 6. The fourth-order valence-corrected chi connectivity index (χ4v) is 5.53. The number of hydrogen-bond acceptors (Lipinski definition) is 7. The van der Waals surface area contributed by atoms with Crippen LogP contribution in [0.15, 0.2) is 42.6 Å². The molecule has 1 atom stereocenters. The Morgan fingerprint density at radius 3 is 2.63 bits per heavy atom. The van der Waals surface area contributed by atoms with Gasteiger partial charge in [0, 0.05) is 53.9 Å². The summed E-state index contributed by atoms with van der Waals surface area (Å²) in [4.78, 5) is 27.0. The van der Waals surface area contributed by atoms with Gasteiger partial charge in [0.1, 0.15) is 24.2 Å². The molecule has 1 N–H and O–H groups in total. The molecule has 1 fully saturated rings. The third-order valence-corrected chi connectivity index (χ3v) is 7.94. The van der Waals surface area contributed by atoms with E-state index in [2.05, 4.69) is 10.00 Å². The number of rotatable bonds is 10. The molecule has 1 aliphatic rings. The number of hydrogen-bond donors (Lipinski definition) is 1. The van der Waals surface area contributed by atoms with Crippen LogP contribution in [-0.2, 0) is 13.1 Å². The molecule has 2 aromatic carbocycles. The summed E-state index contributed by atoms with van der Waals surface area (Å²) in [6, 6.07) is 10.5. The van der Waals surface area contributed by atoms with Crippen LogP contribution in [0.2, 0.25) is 10.0 Å². The summed E-state index contributed by atoms with van der Waals surface area (Å²) in [6.45, 7) is 7.90. The molecule has 0 aliphatic carbocycles. The van der Waals surface area contributed by atoms with E-state index in [0.717, 1.165) is 30.9 Å². The number of aromatic nitrogens is 4. The molecule has 11 heteroatoms. The van der Waals surface area contributed by atoms with Crippen molar-refractivity contribution in [1.29, 1.82) is 0 Å². The van der Waals surface area contributed by atoms with Crippen LogP contribution in [-0.4, -0.2) is 80.0 Å². The van der Waals surface area contributed by atoms with Gasteiger partial charge in [0.2, 0.25) is 0 Å². The average Bonchev–Trinajstić information content (AvgIpc) is 3.60. The molecule has 1 unspecified atom stereocenters. The number of aliphatic hydroxyl groups excluding tert-OH is 1. The average molecular weight is 598 g/mol. The predicted molar refractivity (Wildman–Crippen MR) is 161 cm³/mol. The molecule has 0 bridgehead atoms. The number of benzene rings is 2. The summed E-state index contributed by atoms with van der Waals surface area (Å²) < 4.78 is 7.72. The molecular formula is C30H34Cl2N6O3. The van der Waals surface area contributed by atoms with E-state index in [0.29, 0.717) is 51.2 Å². The molecule has 216 valence electrons. The largest absolute Gasteiger partial charge is 0.489 e. The minimum Gasteiger partial charge on any atom is -0.489 e. The van der Waals surface area contributed by atoms with Gasteiger partial charge in [-0.15, -0.1) is 0 Å². The van der Waals surface area contributed by atoms with Crippen molar-refractivity contribution in [2.24, 2.45) is 0 Å². The number of aryl methyl sites for hydroxylation is 1. The summed E-state index contributed by atoms with van der Waals surface area (Å²) in [5.41, 5.74) is 3.45. The number of carbonyl (C=O) groups excluding carboxylic acids is 1. The maximum atomic E-state index is 13.7. The van der Waals surface area contributed by atoms with Gasteiger partial charge in [0.15, 0.2) is 5.82 Å². The Morgan fingerprint density at radius 1 is 1.15 bits per heavy atom. The Morgan fingerprint density at radius 2 is 1.93 bits per heavy atom. The van der Waals surface area contributed by atoms with Crippen molar-refractivity contribution >= 4 is 40.0 Å². The van der Waals surface area contributed by atoms with Gasteiger partial charge in [-0.3, -0.25) is 9.48 Å². The first kappa shape index (κ1) is 29.3. The van der Waals surface area contributed by atoms with Crippen molar-refractivity contribution in [3.05, 3.63) is 69.6 Å². The van der Waals surface area contributed by atoms with Crippen LogP contribution in [0.5, 0.6) is 5.75 Å². The lowest BCUT2D eigenvalue weighted by Gasteiger charge is -2.20. The number of carbonyl (C=O) groups is 1. The third kappa shape index (κ3) is 6.64. The van der Waals surface area contributed by atoms with Crippen LogP contribution in [0.1, 0.15) is 41.5 Å². The second-order valence-electron chi connectivity index (χ2n) is 10.4. The van der Waals surface area contributed by atoms with Gasteiger partial charge >= 0.3 is 0 Å². The van der Waals surface area contributed by atoms with Gasteiger partial charge in [-0.05, 0) is 76.2 Å². The molecule has 5 rings (SSSR count). The second kappa shape index (κ2) is 12.7. The van der Waals surface area contributed by atoms with E-state index in [-0.39, 0.29) is 18.2 Å². The fourth-order valence-electron chi connectivity index (χ4n) is 5.12. The van der Waals surface area contributed by atoms with Crippen LogP contribution in [0, 0.1) is 6.92 Å². The highest BCUT2D eigenvalue weighted by Gasteiger charge is 2.22. The molecule has 9 nitrogen and oxygen atoms in total. The fraction of sp³-hybridized carbons (Fsp3) is 0.400. The topological polar surface area (TPSA) is 96.6 Å². The van der Waals surface area contributed by atoms with Crippen LogP contribution in [0.4, 0.5) is 0 Å². The Kier molecular flexibility index (Phi) is 9.09. The maximum Gasteiger partial charge on any atom is 0.273 e. The zero-order chi connectivity index (χ0) is 29.1. The van der Waals surface area contributed by atoms with Crippen LogP contribution >= 0.6 is 23.2 Å². The van der Waals surface area contributed by atoms with Crippen molar-refractivity contribution in [2.45, 2.75) is 45.9 Å². The van der Waals surface area contributed by atoms with Gasteiger partial charge in [-0.25, -0.2) is 9.97 Å². The van der Waals surface area contributed by atoms with E-state index >= 15 is 0 Å². The van der Waals surface area contributed by atoms with E-state index in [4.69, 9.17) is 37.9 Å². The highest BCUT2D eigenvalue weighted by atomic mass is 35.5. The summed E-state index contributed by atoms with van der Waals surface area (Å²) in [5, 5.41) is 16.2. The number of aliphatic hydroxyl groups is 1. The summed E-state index contributed by atoms with van der Waals surface area (Å²) in [7, 11) is 1.74. The number of likely N-dealkylation sites (tertiary alicyclic amines) is 1. The molecule has 4 aromatic rings. The number of amides is 1. The predicted octanol–water partition coefficient (Wildman–Crippen LogP) is 5.24. The van der Waals surface area contributed by atoms with Crippen LogP contribution < -0.4 is 4.74 Å². The van der Waals surface area contributed by atoms with E-state index in [1.165, 1.54) is 12.8 Å². The SMILES string of the molecule is CCn1ncc(CN(C)C(=O)c2nc(-c3ccc(OCC(O)CN4CCCC4)c(Cl)c3)nc3ccc(Cl)cc23)c1C. The lowest BCUT2D eigenvalue weighted by Crippen LogP contribution is -2.33. The first-order chi connectivity index (χ1) is 19.7. The highest BCUT2D eigenvalue weighted by molar-refractivity contribution is 6.32. The minimum absolute atomic E-state index is 0.143. The molecule has 2 aromatic heterocycles. The number of halogens is 2. The summed E-state index contributed by atoms with van der Waals surface area (Å²) in [5.74, 6) is 0.555.